The van der Waals surface area contributed by atoms with E-state index in [0.717, 1.165) is 24.3 Å². The molecule has 2 aliphatic rings. The van der Waals surface area contributed by atoms with Crippen LogP contribution >= 0.6 is 11.5 Å². The van der Waals surface area contributed by atoms with Crippen LogP contribution in [0.3, 0.4) is 0 Å². The maximum atomic E-state index is 13.3. The van der Waals surface area contributed by atoms with E-state index in [2.05, 4.69) is 54.5 Å². The van der Waals surface area contributed by atoms with E-state index in [1.54, 1.807) is 11.8 Å². The normalized spacial score (nSPS) is 20.7. The minimum absolute atomic E-state index is 0.00869. The number of rotatable bonds is 5. The van der Waals surface area contributed by atoms with Gasteiger partial charge in [-0.1, -0.05) is 40.0 Å². The molecule has 4 aromatic rings. The van der Waals surface area contributed by atoms with Gasteiger partial charge in [-0.05, 0) is 50.3 Å². The molecule has 1 amide bonds. The van der Waals surface area contributed by atoms with Gasteiger partial charge in [0.05, 0.1) is 23.3 Å². The first-order valence-electron chi connectivity index (χ1n) is 11.8. The summed E-state index contributed by atoms with van der Waals surface area (Å²) in [7, 11) is 0. The summed E-state index contributed by atoms with van der Waals surface area (Å²) in [5.74, 6) is 1.79. The molecule has 6 rings (SSSR count). The van der Waals surface area contributed by atoms with Crippen LogP contribution in [0.5, 0.6) is 0 Å². The van der Waals surface area contributed by atoms with Crippen molar-refractivity contribution in [3.8, 4) is 10.6 Å². The van der Waals surface area contributed by atoms with Crippen molar-refractivity contribution in [3.63, 3.8) is 0 Å². The van der Waals surface area contributed by atoms with E-state index in [-0.39, 0.29) is 23.8 Å². The molecule has 2 saturated heterocycles. The number of carbonyl (C=O) groups excluding carboxylic acids is 1. The molecule has 0 spiro atoms. The van der Waals surface area contributed by atoms with Gasteiger partial charge in [-0.15, -0.1) is 15.3 Å². The summed E-state index contributed by atoms with van der Waals surface area (Å²) in [4.78, 5) is 15.8. The van der Waals surface area contributed by atoms with Gasteiger partial charge in [-0.25, -0.2) is 0 Å². The monoisotopic (exact) mass is 491 g/mol. The zero-order valence-electron chi connectivity index (χ0n) is 19.5. The van der Waals surface area contributed by atoms with Crippen molar-refractivity contribution in [2.24, 2.45) is 0 Å². The molecule has 0 radical (unpaired) electrons. The third-order valence-corrected chi connectivity index (χ3v) is 7.69. The van der Waals surface area contributed by atoms with Gasteiger partial charge in [0.15, 0.2) is 5.76 Å². The molecule has 1 aromatic carbocycles. The van der Waals surface area contributed by atoms with E-state index >= 15 is 0 Å². The van der Waals surface area contributed by atoms with Gasteiger partial charge in [0.1, 0.15) is 10.4 Å². The summed E-state index contributed by atoms with van der Waals surface area (Å²) < 4.78 is 15.6. The quantitative estimate of drug-likeness (QED) is 0.446. The van der Waals surface area contributed by atoms with Crippen LogP contribution in [0.4, 0.5) is 0 Å². The third kappa shape index (κ3) is 3.94. The number of aromatic nitrogens is 5. The molecule has 11 heteroatoms. The minimum Gasteiger partial charge on any atom is -0.423 e. The first-order valence-corrected chi connectivity index (χ1v) is 12.5. The van der Waals surface area contributed by atoms with E-state index in [0.29, 0.717) is 47.6 Å². The average molecular weight is 492 g/mol. The lowest BCUT2D eigenvalue weighted by molar-refractivity contribution is 0.0573. The van der Waals surface area contributed by atoms with Crippen LogP contribution in [0.2, 0.25) is 0 Å². The first kappa shape index (κ1) is 22.1. The Morgan fingerprint density at radius 3 is 2.66 bits per heavy atom. The van der Waals surface area contributed by atoms with Gasteiger partial charge < -0.3 is 19.2 Å². The predicted octanol–water partition coefficient (Wildman–Crippen LogP) is 3.64. The number of nitrogens with one attached hydrogen (secondary N) is 1. The lowest BCUT2D eigenvalue weighted by Crippen LogP contribution is -2.48. The van der Waals surface area contributed by atoms with Gasteiger partial charge >= 0.3 is 0 Å². The molecule has 2 fully saturated rings. The summed E-state index contributed by atoms with van der Waals surface area (Å²) in [5.41, 5.74) is 3.00. The van der Waals surface area contributed by atoms with E-state index in [1.165, 1.54) is 17.1 Å². The van der Waals surface area contributed by atoms with Crippen LogP contribution < -0.4 is 5.32 Å². The molecule has 5 heterocycles. The van der Waals surface area contributed by atoms with Crippen molar-refractivity contribution >= 4 is 17.4 Å². The summed E-state index contributed by atoms with van der Waals surface area (Å²) >= 11 is 1.19. The van der Waals surface area contributed by atoms with Gasteiger partial charge in [0, 0.05) is 19.0 Å². The summed E-state index contributed by atoms with van der Waals surface area (Å²) in [5, 5.41) is 20.3. The van der Waals surface area contributed by atoms with Crippen LogP contribution in [-0.4, -0.2) is 55.4 Å². The number of hydrogen-bond donors (Lipinski definition) is 1. The van der Waals surface area contributed by atoms with Crippen LogP contribution in [0, 0.1) is 13.8 Å². The second kappa shape index (κ2) is 8.97. The zero-order valence-corrected chi connectivity index (χ0v) is 20.3. The molecule has 35 heavy (non-hydrogen) atoms. The maximum absolute atomic E-state index is 13.3. The zero-order chi connectivity index (χ0) is 23.9. The fourth-order valence-electron chi connectivity index (χ4n) is 4.92. The van der Waals surface area contributed by atoms with Gasteiger partial charge in [0.2, 0.25) is 11.8 Å². The lowest BCUT2D eigenvalue weighted by atomic mass is 9.85. The van der Waals surface area contributed by atoms with Crippen molar-refractivity contribution in [1.29, 1.82) is 0 Å². The Morgan fingerprint density at radius 2 is 1.89 bits per heavy atom. The molecule has 1 N–H and O–H groups in total. The lowest BCUT2D eigenvalue weighted by Gasteiger charge is -2.37. The molecule has 0 aliphatic carbocycles. The largest absolute Gasteiger partial charge is 0.423 e. The van der Waals surface area contributed by atoms with Gasteiger partial charge in [0.25, 0.3) is 5.91 Å². The number of aryl methyl sites for hydroxylation is 2. The minimum atomic E-state index is -0.124. The smallest absolute Gasteiger partial charge is 0.259 e. The highest BCUT2D eigenvalue weighted by molar-refractivity contribution is 7.09. The van der Waals surface area contributed by atoms with E-state index in [9.17, 15) is 4.79 Å². The average Bonchev–Trinajstić information content (AvgIpc) is 3.59. The Balaban J connectivity index is 1.16. The SMILES string of the molecule is Cc1nnsc1-c1onc(C)c1C(=O)N1CC(c2nnc([C@H]3NCCC[C@H]3c3ccccc3)o2)C1. The first-order chi connectivity index (χ1) is 17.1. The number of piperidine rings is 1. The van der Waals surface area contributed by atoms with Crippen LogP contribution in [0.1, 0.15) is 69.8 Å². The molecular weight excluding hydrogens is 466 g/mol. The molecule has 2 atom stereocenters. The molecule has 180 valence electrons. The van der Waals surface area contributed by atoms with E-state index in [1.807, 2.05) is 13.0 Å². The fraction of sp³-hybridized carbons (Fsp3) is 0.417. The topological polar surface area (TPSA) is 123 Å². The number of amides is 1. The molecule has 0 bridgehead atoms. The van der Waals surface area contributed by atoms with E-state index < -0.39 is 0 Å². The number of benzene rings is 1. The number of hydrogen-bond acceptors (Lipinski definition) is 10. The van der Waals surface area contributed by atoms with Gasteiger partial charge in [-0.2, -0.15) is 0 Å². The fourth-order valence-corrected chi connectivity index (χ4v) is 5.56. The third-order valence-electron chi connectivity index (χ3n) is 6.86. The molecule has 10 nitrogen and oxygen atoms in total. The highest BCUT2D eigenvalue weighted by Crippen LogP contribution is 2.38. The summed E-state index contributed by atoms with van der Waals surface area (Å²) in [6.07, 6.45) is 2.18. The molecule has 3 aromatic heterocycles. The van der Waals surface area contributed by atoms with Gasteiger partial charge in [-0.3, -0.25) is 4.79 Å². The van der Waals surface area contributed by atoms with Crippen molar-refractivity contribution in [2.45, 2.75) is 44.6 Å². The van der Waals surface area contributed by atoms with Crippen LogP contribution in [-0.2, 0) is 0 Å². The second-order valence-electron chi connectivity index (χ2n) is 9.14. The van der Waals surface area contributed by atoms with Crippen LogP contribution in [0.25, 0.3) is 10.6 Å². The number of likely N-dealkylation sites (tertiary alicyclic amines) is 1. The van der Waals surface area contributed by atoms with Crippen molar-refractivity contribution < 1.29 is 13.7 Å². The summed E-state index contributed by atoms with van der Waals surface area (Å²) in [6.45, 7) is 5.54. The Kier molecular flexibility index (Phi) is 5.65. The molecule has 2 aliphatic heterocycles. The molecular formula is C24H25N7O3S. The Morgan fingerprint density at radius 1 is 1.09 bits per heavy atom. The number of carbonyl (C=O) groups is 1. The second-order valence-corrected chi connectivity index (χ2v) is 9.89. The summed E-state index contributed by atoms with van der Waals surface area (Å²) in [6, 6.07) is 10.5. The Bertz CT molecular complexity index is 1340. The highest BCUT2D eigenvalue weighted by atomic mass is 32.1. The van der Waals surface area contributed by atoms with E-state index in [4.69, 9.17) is 8.94 Å². The highest BCUT2D eigenvalue weighted by Gasteiger charge is 2.40. The Labute approximate surface area is 205 Å². The number of nitrogens with zero attached hydrogens (tertiary/aromatic N) is 6. The van der Waals surface area contributed by atoms with Crippen molar-refractivity contribution in [1.82, 2.24) is 35.2 Å². The standard InChI is InChI=1S/C24H25N7O3S/c1-13-18(20(34-29-13)21-14(2)26-30-35-21)24(32)31-11-16(12-31)22-27-28-23(33-22)19-17(9-6-10-25-19)15-7-4-3-5-8-15/h3-5,7-8,16-17,19,25H,6,9-12H2,1-2H3/t17-,19-/m0/s1. The van der Waals surface area contributed by atoms with Crippen molar-refractivity contribution in [3.05, 3.63) is 64.6 Å². The molecule has 0 saturated carbocycles. The maximum Gasteiger partial charge on any atom is 0.259 e. The Hall–Kier alpha value is -3.44. The van der Waals surface area contributed by atoms with Crippen LogP contribution in [0.15, 0.2) is 39.3 Å². The molecule has 0 unspecified atom stereocenters. The van der Waals surface area contributed by atoms with Crippen molar-refractivity contribution in [2.75, 3.05) is 19.6 Å². The predicted molar refractivity (Wildman–Crippen MR) is 127 cm³/mol.